The number of hydrogen-bond acceptors (Lipinski definition) is 12. The Balaban J connectivity index is 1.20. The lowest BCUT2D eigenvalue weighted by molar-refractivity contribution is -0.126. The van der Waals surface area contributed by atoms with E-state index in [4.69, 9.17) is 4.74 Å². The first-order chi connectivity index (χ1) is 19.1. The first kappa shape index (κ1) is 23.9. The molecular formula is C24H22N12O3. The molecule has 0 aromatic carbocycles. The average molecular weight is 527 g/mol. The Morgan fingerprint density at radius 3 is 2.67 bits per heavy atom. The summed E-state index contributed by atoms with van der Waals surface area (Å²) in [5.74, 6) is 1.16. The largest absolute Gasteiger partial charge is 0.494 e. The van der Waals surface area contributed by atoms with E-state index in [1.807, 2.05) is 17.0 Å². The maximum atomic E-state index is 13.4. The molecule has 1 amide bonds. The van der Waals surface area contributed by atoms with Crippen LogP contribution in [0.5, 0.6) is 5.75 Å². The first-order valence-corrected chi connectivity index (χ1v) is 12.0. The zero-order chi connectivity index (χ0) is 26.8. The van der Waals surface area contributed by atoms with E-state index in [-0.39, 0.29) is 5.56 Å². The third-order valence-corrected chi connectivity index (χ3v) is 6.33. The van der Waals surface area contributed by atoms with Gasteiger partial charge in [-0.15, -0.1) is 0 Å². The molecule has 0 atom stereocenters. The van der Waals surface area contributed by atoms with Gasteiger partial charge < -0.3 is 24.8 Å². The number of aromatic amines is 1. The molecule has 1 fully saturated rings. The summed E-state index contributed by atoms with van der Waals surface area (Å²) in [5.41, 5.74) is 0.705. The highest BCUT2D eigenvalue weighted by Gasteiger charge is 2.31. The molecule has 6 heterocycles. The number of pyridine rings is 2. The van der Waals surface area contributed by atoms with E-state index >= 15 is 0 Å². The number of carbonyl (C=O) groups excluding carboxylic acids is 2. The molecule has 1 aliphatic heterocycles. The van der Waals surface area contributed by atoms with Crippen LogP contribution in [0.1, 0.15) is 10.4 Å². The van der Waals surface area contributed by atoms with Crippen LogP contribution in [0.25, 0.3) is 16.7 Å². The minimum Gasteiger partial charge on any atom is -0.494 e. The summed E-state index contributed by atoms with van der Waals surface area (Å²) in [5, 5.41) is 15.5. The van der Waals surface area contributed by atoms with Crippen LogP contribution in [0, 0.1) is 0 Å². The Morgan fingerprint density at radius 2 is 1.92 bits per heavy atom. The topological polar surface area (TPSA) is 173 Å². The van der Waals surface area contributed by atoms with Crippen LogP contribution in [-0.2, 0) is 4.79 Å². The molecule has 0 bridgehead atoms. The second-order valence-electron chi connectivity index (χ2n) is 8.53. The maximum Gasteiger partial charge on any atom is 0.295 e. The molecule has 196 valence electrons. The van der Waals surface area contributed by atoms with Crippen molar-refractivity contribution in [2.75, 3.05) is 43.5 Å². The second kappa shape index (κ2) is 10.1. The van der Waals surface area contributed by atoms with Gasteiger partial charge in [0.25, 0.3) is 17.6 Å². The second-order valence-corrected chi connectivity index (χ2v) is 8.53. The molecule has 0 saturated carbocycles. The van der Waals surface area contributed by atoms with Crippen LogP contribution in [0.4, 0.5) is 17.6 Å². The summed E-state index contributed by atoms with van der Waals surface area (Å²) < 4.78 is 7.01. The van der Waals surface area contributed by atoms with Crippen molar-refractivity contribution in [3.8, 4) is 11.6 Å². The van der Waals surface area contributed by atoms with Crippen molar-refractivity contribution in [3.63, 3.8) is 0 Å². The lowest BCUT2D eigenvalue weighted by Crippen LogP contribution is -2.51. The average Bonchev–Trinajstić information content (AvgIpc) is 3.66. The number of fused-ring (bicyclic) bond motifs is 1. The molecule has 15 heteroatoms. The number of rotatable bonds is 7. The van der Waals surface area contributed by atoms with E-state index in [1.165, 1.54) is 30.7 Å². The lowest BCUT2D eigenvalue weighted by atomic mass is 10.1. The summed E-state index contributed by atoms with van der Waals surface area (Å²) in [7, 11) is 1.48. The number of amides is 1. The van der Waals surface area contributed by atoms with Crippen LogP contribution < -0.4 is 15.0 Å². The number of ether oxygens (including phenoxy) is 1. The molecular weight excluding hydrogens is 504 g/mol. The molecule has 15 nitrogen and oxygen atoms in total. The van der Waals surface area contributed by atoms with Crippen LogP contribution in [0.3, 0.4) is 0 Å². The standard InChI is InChI=1S/C24H22N12O3/c1-39-16-13-28-22(30-17-5-7-25-14-29-17)20-19(16)15(12-27-20)21(37)23(38)34-8-10-35(11-9-34)24-31-32-33-36(24)18-4-2-3-6-26-18/h2-7,12-14,27H,8-11H2,1H3,(H,25,28,29,30). The number of Topliss-reactive ketones (excluding diaryl/α,β-unsaturated/α-hetero) is 1. The number of aromatic nitrogens is 9. The molecule has 5 aromatic heterocycles. The fourth-order valence-corrected chi connectivity index (χ4v) is 4.41. The molecule has 5 aromatic rings. The summed E-state index contributed by atoms with van der Waals surface area (Å²) >= 11 is 0. The van der Waals surface area contributed by atoms with Crippen LogP contribution in [0.2, 0.25) is 0 Å². The van der Waals surface area contributed by atoms with Gasteiger partial charge in [-0.2, -0.15) is 4.68 Å². The summed E-state index contributed by atoms with van der Waals surface area (Å²) in [6.45, 7) is 1.53. The fraction of sp³-hybridized carbons (Fsp3) is 0.208. The van der Waals surface area contributed by atoms with E-state index < -0.39 is 11.7 Å². The Morgan fingerprint density at radius 1 is 1.05 bits per heavy atom. The number of piperazine rings is 1. The zero-order valence-corrected chi connectivity index (χ0v) is 20.7. The summed E-state index contributed by atoms with van der Waals surface area (Å²) in [6, 6.07) is 7.15. The van der Waals surface area contributed by atoms with Gasteiger partial charge in [0.2, 0.25) is 0 Å². The minimum absolute atomic E-state index is 0.196. The molecule has 0 spiro atoms. The van der Waals surface area contributed by atoms with Gasteiger partial charge in [0.05, 0.1) is 29.8 Å². The number of carbonyl (C=O) groups is 2. The van der Waals surface area contributed by atoms with Crippen molar-refractivity contribution >= 4 is 40.2 Å². The number of nitrogens with zero attached hydrogens (tertiary/aromatic N) is 10. The lowest BCUT2D eigenvalue weighted by Gasteiger charge is -2.34. The van der Waals surface area contributed by atoms with E-state index in [0.29, 0.717) is 66.2 Å². The van der Waals surface area contributed by atoms with Crippen LogP contribution in [0.15, 0.2) is 55.4 Å². The predicted molar refractivity (Wildman–Crippen MR) is 138 cm³/mol. The highest BCUT2D eigenvalue weighted by Crippen LogP contribution is 2.33. The highest BCUT2D eigenvalue weighted by molar-refractivity contribution is 6.45. The number of nitrogens with one attached hydrogen (secondary N) is 2. The summed E-state index contributed by atoms with van der Waals surface area (Å²) in [6.07, 6.45) is 7.65. The maximum absolute atomic E-state index is 13.4. The van der Waals surface area contributed by atoms with Gasteiger partial charge in [-0.1, -0.05) is 11.2 Å². The van der Waals surface area contributed by atoms with Crippen molar-refractivity contribution in [2.24, 2.45) is 0 Å². The SMILES string of the molecule is COc1cnc(Nc2ccncn2)c2[nH]cc(C(=O)C(=O)N3CCN(c4nnnn4-c4ccccn4)CC3)c12. The number of H-pyrrole nitrogens is 1. The molecule has 2 N–H and O–H groups in total. The quantitative estimate of drug-likeness (QED) is 0.228. The van der Waals surface area contributed by atoms with Crippen LogP contribution >= 0.6 is 0 Å². The monoisotopic (exact) mass is 526 g/mol. The fourth-order valence-electron chi connectivity index (χ4n) is 4.41. The Bertz CT molecular complexity index is 1630. The van der Waals surface area contributed by atoms with Crippen molar-refractivity contribution in [1.29, 1.82) is 0 Å². The first-order valence-electron chi connectivity index (χ1n) is 12.0. The minimum atomic E-state index is -0.648. The third-order valence-electron chi connectivity index (χ3n) is 6.33. The zero-order valence-electron chi connectivity index (χ0n) is 20.7. The molecule has 0 unspecified atom stereocenters. The van der Waals surface area contributed by atoms with Gasteiger partial charge in [0.15, 0.2) is 11.6 Å². The van der Waals surface area contributed by atoms with Crippen molar-refractivity contribution in [3.05, 3.63) is 60.9 Å². The van der Waals surface area contributed by atoms with Gasteiger partial charge >= 0.3 is 0 Å². The smallest absolute Gasteiger partial charge is 0.295 e. The van der Waals surface area contributed by atoms with Crippen LogP contribution in [-0.4, -0.2) is 95.0 Å². The number of tetrazole rings is 1. The van der Waals surface area contributed by atoms with Crippen molar-refractivity contribution < 1.29 is 14.3 Å². The van der Waals surface area contributed by atoms with Crippen molar-refractivity contribution in [2.45, 2.75) is 0 Å². The Kier molecular flexibility index (Phi) is 6.20. The van der Waals surface area contributed by atoms with Crippen molar-refractivity contribution in [1.82, 2.24) is 50.0 Å². The van der Waals surface area contributed by atoms with Gasteiger partial charge in [0.1, 0.15) is 17.9 Å². The number of anilines is 3. The number of hydrogen-bond donors (Lipinski definition) is 2. The van der Waals surface area contributed by atoms with E-state index in [1.54, 1.807) is 29.2 Å². The highest BCUT2D eigenvalue weighted by atomic mass is 16.5. The molecule has 0 aliphatic carbocycles. The molecule has 39 heavy (non-hydrogen) atoms. The predicted octanol–water partition coefficient (Wildman–Crippen LogP) is 1.01. The van der Waals surface area contributed by atoms with E-state index in [2.05, 4.69) is 45.8 Å². The van der Waals surface area contributed by atoms with E-state index in [0.717, 1.165) is 0 Å². The number of ketones is 1. The normalized spacial score (nSPS) is 13.5. The molecule has 6 rings (SSSR count). The van der Waals surface area contributed by atoms with Gasteiger partial charge in [-0.05, 0) is 28.6 Å². The van der Waals surface area contributed by atoms with Gasteiger partial charge in [-0.3, -0.25) is 9.59 Å². The van der Waals surface area contributed by atoms with Gasteiger partial charge in [0, 0.05) is 44.8 Å². The Labute approximate surface area is 220 Å². The molecule has 0 radical (unpaired) electrons. The number of methoxy groups -OCH3 is 1. The molecule has 1 saturated heterocycles. The summed E-state index contributed by atoms with van der Waals surface area (Å²) in [4.78, 5) is 50.0. The Hall–Kier alpha value is -5.47. The van der Waals surface area contributed by atoms with Gasteiger partial charge in [-0.25, -0.2) is 19.9 Å². The third kappa shape index (κ3) is 4.45. The molecule has 1 aliphatic rings. The van der Waals surface area contributed by atoms with E-state index in [9.17, 15) is 9.59 Å².